The zero-order chi connectivity index (χ0) is 13.9. The zero-order valence-electron chi connectivity index (χ0n) is 11.6. The van der Waals surface area contributed by atoms with Gasteiger partial charge in [0.2, 0.25) is 0 Å². The van der Waals surface area contributed by atoms with Gasteiger partial charge in [0.05, 0.1) is 0 Å². The number of rotatable bonds is 2. The molecule has 104 valence electrons. The topological polar surface area (TPSA) is 49.4 Å². The average Bonchev–Trinajstić information content (AvgIpc) is 3.05. The summed E-state index contributed by atoms with van der Waals surface area (Å²) in [5, 5.41) is 2.84. The normalized spacial score (nSPS) is 30.6. The lowest BCUT2D eigenvalue weighted by molar-refractivity contribution is 0.0914. The molecule has 1 N–H and O–H groups in total. The molecule has 1 heterocycles. The molecule has 20 heavy (non-hydrogen) atoms. The highest BCUT2D eigenvalue weighted by Gasteiger charge is 2.48. The Balaban J connectivity index is 1.58. The minimum Gasteiger partial charge on any atom is -0.323 e. The first kappa shape index (κ1) is 11.9. The van der Waals surface area contributed by atoms with Crippen molar-refractivity contribution in [3.8, 4) is 0 Å². The van der Waals surface area contributed by atoms with Crippen LogP contribution in [0.3, 0.4) is 0 Å². The molecular weight excluding hydrogens is 252 g/mol. The van der Waals surface area contributed by atoms with Crippen LogP contribution < -0.4 is 5.32 Å². The molecule has 0 saturated heterocycles. The summed E-state index contributed by atoms with van der Waals surface area (Å²) in [5.74, 6) is 2.17. The van der Waals surface area contributed by atoms with Crippen molar-refractivity contribution in [3.63, 3.8) is 0 Å². The van der Waals surface area contributed by atoms with Gasteiger partial charge in [0.25, 0.3) is 0 Å². The highest BCUT2D eigenvalue weighted by Crippen LogP contribution is 2.55. The van der Waals surface area contributed by atoms with E-state index in [4.69, 9.17) is 0 Å². The second-order valence-corrected chi connectivity index (χ2v) is 6.45. The summed E-state index contributed by atoms with van der Waals surface area (Å²) in [4.78, 5) is 25.7. The molecule has 2 unspecified atom stereocenters. The number of ketones is 1. The summed E-state index contributed by atoms with van der Waals surface area (Å²) in [6.45, 7) is 0.568. The number of hydrogen-bond donors (Lipinski definition) is 1. The SMILES string of the molecule is CN1Cc2cc(C(=O)C3CC4CC4C3)ccc2NC1=O. The fraction of sp³-hybridized carbons (Fsp3) is 0.500. The van der Waals surface area contributed by atoms with Gasteiger partial charge in [-0.15, -0.1) is 0 Å². The molecule has 0 aromatic heterocycles. The van der Waals surface area contributed by atoms with Gasteiger partial charge in [0.15, 0.2) is 5.78 Å². The highest BCUT2D eigenvalue weighted by molar-refractivity contribution is 6.00. The fourth-order valence-electron chi connectivity index (χ4n) is 3.70. The summed E-state index contributed by atoms with van der Waals surface area (Å²) >= 11 is 0. The second kappa shape index (κ2) is 4.08. The first-order chi connectivity index (χ1) is 9.61. The van der Waals surface area contributed by atoms with Gasteiger partial charge in [-0.2, -0.15) is 0 Å². The molecule has 2 saturated carbocycles. The Kier molecular flexibility index (Phi) is 2.43. The predicted molar refractivity (Wildman–Crippen MR) is 75.6 cm³/mol. The Hall–Kier alpha value is -1.84. The molecule has 0 radical (unpaired) electrons. The number of fused-ring (bicyclic) bond motifs is 2. The largest absolute Gasteiger partial charge is 0.323 e. The number of carbonyl (C=O) groups excluding carboxylic acids is 2. The van der Waals surface area contributed by atoms with Gasteiger partial charge in [-0.05, 0) is 54.9 Å². The van der Waals surface area contributed by atoms with Crippen LogP contribution >= 0.6 is 0 Å². The van der Waals surface area contributed by atoms with E-state index in [1.807, 2.05) is 18.2 Å². The Labute approximate surface area is 118 Å². The van der Waals surface area contributed by atoms with E-state index >= 15 is 0 Å². The van der Waals surface area contributed by atoms with Gasteiger partial charge in [-0.3, -0.25) is 4.79 Å². The number of anilines is 1. The van der Waals surface area contributed by atoms with Crippen LogP contribution in [0.4, 0.5) is 10.5 Å². The first-order valence-corrected chi connectivity index (χ1v) is 7.31. The van der Waals surface area contributed by atoms with E-state index in [2.05, 4.69) is 5.32 Å². The molecule has 2 atom stereocenters. The van der Waals surface area contributed by atoms with Gasteiger partial charge in [0.1, 0.15) is 0 Å². The molecule has 2 fully saturated rings. The summed E-state index contributed by atoms with van der Waals surface area (Å²) in [6, 6.07) is 5.59. The number of nitrogens with one attached hydrogen (secondary N) is 1. The molecule has 4 heteroatoms. The molecule has 1 aromatic rings. The van der Waals surface area contributed by atoms with Crippen molar-refractivity contribution in [1.82, 2.24) is 4.90 Å². The number of Topliss-reactive ketones (excluding diaryl/α,β-unsaturated/α-hetero) is 1. The number of hydrogen-bond acceptors (Lipinski definition) is 2. The minimum atomic E-state index is -0.0903. The smallest absolute Gasteiger partial charge is 0.321 e. The third kappa shape index (κ3) is 1.82. The van der Waals surface area contributed by atoms with Crippen LogP contribution in [0, 0.1) is 17.8 Å². The molecule has 3 aliphatic rings. The van der Waals surface area contributed by atoms with E-state index in [0.29, 0.717) is 12.3 Å². The number of benzene rings is 1. The molecule has 2 amide bonds. The minimum absolute atomic E-state index is 0.0903. The van der Waals surface area contributed by atoms with Crippen LogP contribution in [0.2, 0.25) is 0 Å². The molecule has 4 nitrogen and oxygen atoms in total. The van der Waals surface area contributed by atoms with Crippen LogP contribution in [0.25, 0.3) is 0 Å². The first-order valence-electron chi connectivity index (χ1n) is 7.31. The third-order valence-corrected chi connectivity index (χ3v) is 5.00. The van der Waals surface area contributed by atoms with E-state index < -0.39 is 0 Å². The van der Waals surface area contributed by atoms with Crippen LogP contribution in [-0.4, -0.2) is 23.8 Å². The van der Waals surface area contributed by atoms with Crippen molar-refractivity contribution in [3.05, 3.63) is 29.3 Å². The molecule has 2 aliphatic carbocycles. The highest BCUT2D eigenvalue weighted by atomic mass is 16.2. The third-order valence-electron chi connectivity index (χ3n) is 5.00. The van der Waals surface area contributed by atoms with Crippen molar-refractivity contribution >= 4 is 17.5 Å². The lowest BCUT2D eigenvalue weighted by atomic mass is 9.92. The van der Waals surface area contributed by atoms with Gasteiger partial charge < -0.3 is 10.2 Å². The Morgan fingerprint density at radius 2 is 2.00 bits per heavy atom. The van der Waals surface area contributed by atoms with E-state index in [1.165, 1.54) is 6.42 Å². The van der Waals surface area contributed by atoms with Crippen LogP contribution in [0.5, 0.6) is 0 Å². The predicted octanol–water partition coefficient (Wildman–Crippen LogP) is 2.89. The second-order valence-electron chi connectivity index (χ2n) is 6.45. The molecular formula is C16H18N2O2. The number of nitrogens with zero attached hydrogens (tertiary/aromatic N) is 1. The van der Waals surface area contributed by atoms with E-state index in [1.54, 1.807) is 11.9 Å². The van der Waals surface area contributed by atoms with Crippen LogP contribution in [-0.2, 0) is 6.54 Å². The maximum absolute atomic E-state index is 12.5. The van der Waals surface area contributed by atoms with Crippen molar-refractivity contribution in [2.75, 3.05) is 12.4 Å². The molecule has 0 spiro atoms. The summed E-state index contributed by atoms with van der Waals surface area (Å²) in [7, 11) is 1.76. The summed E-state index contributed by atoms with van der Waals surface area (Å²) in [5.41, 5.74) is 2.67. The van der Waals surface area contributed by atoms with E-state index in [-0.39, 0.29) is 11.9 Å². The maximum Gasteiger partial charge on any atom is 0.321 e. The Morgan fingerprint density at radius 3 is 2.75 bits per heavy atom. The molecule has 4 rings (SSSR count). The summed E-state index contributed by atoms with van der Waals surface area (Å²) in [6.07, 6.45) is 3.50. The number of urea groups is 1. The van der Waals surface area contributed by atoms with E-state index in [9.17, 15) is 9.59 Å². The van der Waals surface area contributed by atoms with Gasteiger partial charge in [0, 0.05) is 30.8 Å². The van der Waals surface area contributed by atoms with Crippen LogP contribution in [0.1, 0.15) is 35.2 Å². The zero-order valence-corrected chi connectivity index (χ0v) is 11.6. The average molecular weight is 270 g/mol. The molecule has 1 aliphatic heterocycles. The van der Waals surface area contributed by atoms with Crippen molar-refractivity contribution in [2.45, 2.75) is 25.8 Å². The lowest BCUT2D eigenvalue weighted by Gasteiger charge is -2.26. The Morgan fingerprint density at radius 1 is 1.25 bits per heavy atom. The van der Waals surface area contributed by atoms with E-state index in [0.717, 1.165) is 41.5 Å². The molecule has 0 bridgehead atoms. The maximum atomic E-state index is 12.5. The summed E-state index contributed by atoms with van der Waals surface area (Å²) < 4.78 is 0. The van der Waals surface area contributed by atoms with Crippen molar-refractivity contribution in [2.24, 2.45) is 17.8 Å². The number of amides is 2. The van der Waals surface area contributed by atoms with Crippen molar-refractivity contribution in [1.29, 1.82) is 0 Å². The standard InChI is InChI=1S/C16H18N2O2/c1-18-8-13-4-9(2-3-14(13)17-16(18)20)15(19)12-6-10-5-11(10)7-12/h2-4,10-12H,5-8H2,1H3,(H,17,20). The van der Waals surface area contributed by atoms with Crippen molar-refractivity contribution < 1.29 is 9.59 Å². The Bertz CT molecular complexity index is 600. The van der Waals surface area contributed by atoms with Gasteiger partial charge in [-0.1, -0.05) is 0 Å². The monoisotopic (exact) mass is 270 g/mol. The lowest BCUT2D eigenvalue weighted by Crippen LogP contribution is -2.35. The van der Waals surface area contributed by atoms with Crippen LogP contribution in [0.15, 0.2) is 18.2 Å². The molecule has 1 aromatic carbocycles. The quantitative estimate of drug-likeness (QED) is 0.840. The van der Waals surface area contributed by atoms with Gasteiger partial charge in [-0.25, -0.2) is 4.79 Å². The fourth-order valence-corrected chi connectivity index (χ4v) is 3.70. The number of carbonyl (C=O) groups is 2. The van der Waals surface area contributed by atoms with Gasteiger partial charge >= 0.3 is 6.03 Å².